The van der Waals surface area contributed by atoms with Gasteiger partial charge in [-0.1, -0.05) is 17.8 Å². The molecule has 7 heteroatoms. The highest BCUT2D eigenvalue weighted by Crippen LogP contribution is 2.31. The first-order valence-corrected chi connectivity index (χ1v) is 5.21. The van der Waals surface area contributed by atoms with Gasteiger partial charge in [0.25, 0.3) is 0 Å². The molecule has 90 valence electrons. The van der Waals surface area contributed by atoms with E-state index in [0.29, 0.717) is 0 Å². The highest BCUT2D eigenvalue weighted by molar-refractivity contribution is 8.13. The molecule has 2 nitrogen and oxygen atoms in total. The summed E-state index contributed by atoms with van der Waals surface area (Å²) in [6, 6.07) is 4.73. The Balaban J connectivity index is 0.00000225. The van der Waals surface area contributed by atoms with E-state index in [1.54, 1.807) is 6.26 Å². The van der Waals surface area contributed by atoms with Crippen LogP contribution >= 0.6 is 24.2 Å². The number of nitrogens with zero attached hydrogens (tertiary/aromatic N) is 1. The van der Waals surface area contributed by atoms with Crippen molar-refractivity contribution >= 4 is 35.0 Å². The van der Waals surface area contributed by atoms with Crippen LogP contribution in [0, 0.1) is 0 Å². The van der Waals surface area contributed by atoms with Gasteiger partial charge in [0.2, 0.25) is 0 Å². The Bertz CT molecular complexity index is 379. The van der Waals surface area contributed by atoms with Crippen LogP contribution < -0.4 is 5.73 Å². The first kappa shape index (κ1) is 15.1. The second-order valence-corrected chi connectivity index (χ2v) is 3.53. The number of thioether (sulfide) groups is 1. The van der Waals surface area contributed by atoms with Crippen LogP contribution in [0.2, 0.25) is 0 Å². The first-order valence-electron chi connectivity index (χ1n) is 3.99. The Morgan fingerprint density at radius 3 is 2.50 bits per heavy atom. The number of amidine groups is 1. The molecule has 0 unspecified atom stereocenters. The molecule has 0 heterocycles. The average molecular weight is 271 g/mol. The van der Waals surface area contributed by atoms with E-state index < -0.39 is 11.7 Å². The summed E-state index contributed by atoms with van der Waals surface area (Å²) in [4.78, 5) is 3.81. The number of aliphatic imine (C=N–C) groups is 1. The largest absolute Gasteiger partial charge is 0.416 e. The van der Waals surface area contributed by atoms with Crippen molar-refractivity contribution < 1.29 is 13.2 Å². The van der Waals surface area contributed by atoms with Crippen LogP contribution in [0.5, 0.6) is 0 Å². The molecule has 0 aliphatic rings. The van der Waals surface area contributed by atoms with Crippen molar-refractivity contribution in [3.05, 3.63) is 29.8 Å². The Morgan fingerprint density at radius 1 is 1.38 bits per heavy atom. The van der Waals surface area contributed by atoms with Crippen LogP contribution in [0.1, 0.15) is 5.56 Å². The van der Waals surface area contributed by atoms with Gasteiger partial charge in [0, 0.05) is 0 Å². The summed E-state index contributed by atoms with van der Waals surface area (Å²) in [7, 11) is 0. The Hall–Kier alpha value is -0.880. The Kier molecular flexibility index (Phi) is 5.67. The number of alkyl halides is 3. The predicted octanol–water partition coefficient (Wildman–Crippen LogP) is 3.44. The number of nitrogens with two attached hydrogens (primary N) is 1. The summed E-state index contributed by atoms with van der Waals surface area (Å²) in [5.74, 6) is 0. The lowest BCUT2D eigenvalue weighted by Gasteiger charge is -2.06. The fourth-order valence-electron chi connectivity index (χ4n) is 0.925. The molecule has 0 fully saturated rings. The van der Waals surface area contributed by atoms with Crippen LogP contribution in [0.25, 0.3) is 0 Å². The van der Waals surface area contributed by atoms with E-state index in [1.165, 1.54) is 23.9 Å². The Labute approximate surface area is 102 Å². The van der Waals surface area contributed by atoms with Crippen molar-refractivity contribution in [3.8, 4) is 0 Å². The fourth-order valence-corrected chi connectivity index (χ4v) is 1.12. The SMILES string of the molecule is CSC(N)=Nc1cccc(C(F)(F)F)c1.Cl. The van der Waals surface area contributed by atoms with E-state index >= 15 is 0 Å². The lowest BCUT2D eigenvalue weighted by molar-refractivity contribution is -0.137. The zero-order valence-corrected chi connectivity index (χ0v) is 9.92. The molecular formula is C9H10ClF3N2S. The molecular weight excluding hydrogens is 261 g/mol. The number of benzene rings is 1. The summed E-state index contributed by atoms with van der Waals surface area (Å²) in [6.45, 7) is 0. The van der Waals surface area contributed by atoms with Crippen LogP contribution in [0.15, 0.2) is 29.3 Å². The summed E-state index contributed by atoms with van der Waals surface area (Å²) < 4.78 is 36.9. The van der Waals surface area contributed by atoms with Crippen molar-refractivity contribution in [2.24, 2.45) is 10.7 Å². The molecule has 2 N–H and O–H groups in total. The Morgan fingerprint density at radius 2 is 2.00 bits per heavy atom. The van der Waals surface area contributed by atoms with Crippen molar-refractivity contribution in [1.82, 2.24) is 0 Å². The fraction of sp³-hybridized carbons (Fsp3) is 0.222. The van der Waals surface area contributed by atoms with Gasteiger partial charge in [-0.3, -0.25) is 0 Å². The van der Waals surface area contributed by atoms with E-state index in [1.807, 2.05) is 0 Å². The average Bonchev–Trinajstić information content (AvgIpc) is 2.17. The monoisotopic (exact) mass is 270 g/mol. The minimum atomic E-state index is -4.35. The zero-order chi connectivity index (χ0) is 11.5. The maximum Gasteiger partial charge on any atom is 0.416 e. The van der Waals surface area contributed by atoms with Crippen LogP contribution in [0.3, 0.4) is 0 Å². The highest BCUT2D eigenvalue weighted by atomic mass is 35.5. The summed E-state index contributed by atoms with van der Waals surface area (Å²) in [5.41, 5.74) is 4.88. The third kappa shape index (κ3) is 4.32. The first-order chi connectivity index (χ1) is 6.93. The van der Waals surface area contributed by atoms with Gasteiger partial charge in [0.05, 0.1) is 11.3 Å². The molecule has 0 spiro atoms. The molecule has 0 radical (unpaired) electrons. The molecule has 0 saturated carbocycles. The number of halogens is 4. The van der Waals surface area contributed by atoms with Gasteiger partial charge >= 0.3 is 6.18 Å². The van der Waals surface area contributed by atoms with E-state index in [0.717, 1.165) is 12.1 Å². The molecule has 0 aliphatic heterocycles. The third-order valence-electron chi connectivity index (χ3n) is 1.62. The van der Waals surface area contributed by atoms with E-state index in [-0.39, 0.29) is 23.3 Å². The van der Waals surface area contributed by atoms with E-state index in [2.05, 4.69) is 4.99 Å². The van der Waals surface area contributed by atoms with Crippen LogP contribution in [0.4, 0.5) is 18.9 Å². The minimum Gasteiger partial charge on any atom is -0.378 e. The van der Waals surface area contributed by atoms with Gasteiger partial charge < -0.3 is 5.73 Å². The molecule has 0 aromatic heterocycles. The second kappa shape index (κ2) is 6.00. The van der Waals surface area contributed by atoms with E-state index in [4.69, 9.17) is 5.73 Å². The molecule has 1 aromatic rings. The van der Waals surface area contributed by atoms with E-state index in [9.17, 15) is 13.2 Å². The van der Waals surface area contributed by atoms with Gasteiger partial charge in [-0.25, -0.2) is 4.99 Å². The van der Waals surface area contributed by atoms with Gasteiger partial charge in [-0.15, -0.1) is 12.4 Å². The lowest BCUT2D eigenvalue weighted by atomic mass is 10.2. The molecule has 1 aromatic carbocycles. The maximum atomic E-state index is 12.3. The quantitative estimate of drug-likeness (QED) is 0.627. The molecule has 0 atom stereocenters. The highest BCUT2D eigenvalue weighted by Gasteiger charge is 2.30. The maximum absolute atomic E-state index is 12.3. The topological polar surface area (TPSA) is 38.4 Å². The van der Waals surface area contributed by atoms with Crippen molar-refractivity contribution in [3.63, 3.8) is 0 Å². The molecule has 0 bridgehead atoms. The van der Waals surface area contributed by atoms with Gasteiger partial charge in [0.1, 0.15) is 0 Å². The molecule has 16 heavy (non-hydrogen) atoms. The van der Waals surface area contributed by atoms with Crippen molar-refractivity contribution in [1.29, 1.82) is 0 Å². The lowest BCUT2D eigenvalue weighted by Crippen LogP contribution is -2.06. The zero-order valence-electron chi connectivity index (χ0n) is 8.28. The molecule has 0 saturated heterocycles. The molecule has 0 amide bonds. The van der Waals surface area contributed by atoms with Gasteiger partial charge in [-0.2, -0.15) is 13.2 Å². The second-order valence-electron chi connectivity index (χ2n) is 2.70. The molecule has 0 aliphatic carbocycles. The van der Waals surface area contributed by atoms with Crippen LogP contribution in [-0.2, 0) is 6.18 Å². The number of rotatable bonds is 1. The third-order valence-corrected chi connectivity index (χ3v) is 2.13. The molecule has 1 rings (SSSR count). The number of hydrogen-bond acceptors (Lipinski definition) is 2. The summed E-state index contributed by atoms with van der Waals surface area (Å²) in [5, 5.41) is 0.231. The minimum absolute atomic E-state index is 0. The predicted molar refractivity (Wildman–Crippen MR) is 63.5 cm³/mol. The van der Waals surface area contributed by atoms with Crippen molar-refractivity contribution in [2.45, 2.75) is 6.18 Å². The smallest absolute Gasteiger partial charge is 0.378 e. The van der Waals surface area contributed by atoms with Crippen molar-refractivity contribution in [2.75, 3.05) is 6.26 Å². The standard InChI is InChI=1S/C9H9F3N2S.ClH/c1-15-8(13)14-7-4-2-3-6(5-7)9(10,11)12;/h2-5H,1H3,(H2,13,14);1H. The normalized spacial score (nSPS) is 12.1. The van der Waals surface area contributed by atoms with Gasteiger partial charge in [0.15, 0.2) is 5.17 Å². The summed E-state index contributed by atoms with van der Waals surface area (Å²) >= 11 is 1.18. The summed E-state index contributed by atoms with van der Waals surface area (Å²) in [6.07, 6.45) is -2.65. The van der Waals surface area contributed by atoms with Gasteiger partial charge in [-0.05, 0) is 24.5 Å². The number of hydrogen-bond donors (Lipinski definition) is 1. The van der Waals surface area contributed by atoms with Crippen LogP contribution in [-0.4, -0.2) is 11.4 Å².